The number of methoxy groups -OCH3 is 2. The minimum Gasteiger partial charge on any atom is -0.497 e. The van der Waals surface area contributed by atoms with Crippen LogP contribution in [0.4, 0.5) is 16.2 Å². The van der Waals surface area contributed by atoms with Crippen LogP contribution in [0.3, 0.4) is 0 Å². The van der Waals surface area contributed by atoms with Crippen LogP contribution in [0.25, 0.3) is 0 Å². The van der Waals surface area contributed by atoms with E-state index in [-0.39, 0.29) is 21.9 Å². The summed E-state index contributed by atoms with van der Waals surface area (Å²) in [5.41, 5.74) is 0.624. The molecule has 0 fully saturated rings. The third-order valence-electron chi connectivity index (χ3n) is 4.22. The minimum absolute atomic E-state index is 0.126. The molecule has 0 bridgehead atoms. The largest absolute Gasteiger partial charge is 0.497 e. The molecule has 0 aliphatic carbocycles. The molecule has 3 aromatic carbocycles. The van der Waals surface area contributed by atoms with Crippen molar-refractivity contribution >= 4 is 33.5 Å². The van der Waals surface area contributed by atoms with E-state index in [4.69, 9.17) is 13.7 Å². The van der Waals surface area contributed by atoms with Gasteiger partial charge in [-0.15, -0.1) is 0 Å². The highest BCUT2D eigenvalue weighted by Crippen LogP contribution is 2.28. The molecule has 0 spiro atoms. The maximum Gasteiger partial charge on any atom is 0.341 e. The minimum atomic E-state index is -4.24. The zero-order valence-corrected chi connectivity index (χ0v) is 18.0. The van der Waals surface area contributed by atoms with Crippen molar-refractivity contribution in [3.8, 4) is 11.5 Å². The van der Waals surface area contributed by atoms with E-state index in [0.717, 1.165) is 7.11 Å². The van der Waals surface area contributed by atoms with Crippen LogP contribution >= 0.6 is 0 Å². The predicted molar refractivity (Wildman–Crippen MR) is 118 cm³/mol. The Morgan fingerprint density at radius 2 is 1.47 bits per heavy atom. The van der Waals surface area contributed by atoms with Crippen molar-refractivity contribution in [2.75, 3.05) is 24.9 Å². The Morgan fingerprint density at radius 3 is 2.09 bits per heavy atom. The molecule has 10 heteroatoms. The number of anilines is 2. The van der Waals surface area contributed by atoms with Crippen LogP contribution in [0.15, 0.2) is 77.7 Å². The average Bonchev–Trinajstić information content (AvgIpc) is 2.80. The quantitative estimate of drug-likeness (QED) is 0.409. The maximum absolute atomic E-state index is 12.6. The van der Waals surface area contributed by atoms with Crippen molar-refractivity contribution in [3.63, 3.8) is 0 Å². The van der Waals surface area contributed by atoms with E-state index >= 15 is 0 Å². The number of hydrogen-bond acceptors (Lipinski definition) is 7. The second-order valence-electron chi connectivity index (χ2n) is 6.36. The Kier molecular flexibility index (Phi) is 6.96. The summed E-state index contributed by atoms with van der Waals surface area (Å²) in [6, 6.07) is 17.7. The lowest BCUT2D eigenvalue weighted by molar-refractivity contribution is 0.0599. The van der Waals surface area contributed by atoms with E-state index in [1.54, 1.807) is 24.3 Å². The Bertz CT molecular complexity index is 1210. The number of amides is 2. The molecule has 0 unspecified atom stereocenters. The third-order valence-corrected chi connectivity index (χ3v) is 5.47. The van der Waals surface area contributed by atoms with Crippen LogP contribution < -0.4 is 19.6 Å². The van der Waals surface area contributed by atoms with Gasteiger partial charge in [-0.3, -0.25) is 0 Å². The molecule has 0 atom stereocenters. The molecule has 32 heavy (non-hydrogen) atoms. The van der Waals surface area contributed by atoms with Gasteiger partial charge in [0.05, 0.1) is 14.2 Å². The fourth-order valence-corrected chi connectivity index (χ4v) is 3.62. The number of ether oxygens (including phenoxy) is 2. The van der Waals surface area contributed by atoms with Gasteiger partial charge in [-0.05, 0) is 54.6 Å². The van der Waals surface area contributed by atoms with Gasteiger partial charge in [0, 0.05) is 11.4 Å². The lowest BCUT2D eigenvalue weighted by Gasteiger charge is -2.13. The molecule has 166 valence electrons. The number of esters is 1. The first-order valence-corrected chi connectivity index (χ1v) is 10.7. The van der Waals surface area contributed by atoms with Crippen LogP contribution in [0.1, 0.15) is 10.4 Å². The fraction of sp³-hybridized carbons (Fsp3) is 0.0909. The predicted octanol–water partition coefficient (Wildman–Crippen LogP) is 3.89. The summed E-state index contributed by atoms with van der Waals surface area (Å²) < 4.78 is 40.2. The van der Waals surface area contributed by atoms with Crippen molar-refractivity contribution in [2.45, 2.75) is 4.90 Å². The van der Waals surface area contributed by atoms with Gasteiger partial charge in [0.1, 0.15) is 16.2 Å². The molecule has 9 nitrogen and oxygen atoms in total. The number of benzene rings is 3. The van der Waals surface area contributed by atoms with E-state index in [9.17, 15) is 18.0 Å². The molecule has 0 heterocycles. The number of nitrogens with one attached hydrogen (secondary N) is 2. The highest BCUT2D eigenvalue weighted by Gasteiger charge is 2.22. The molecule has 0 aliphatic rings. The van der Waals surface area contributed by atoms with E-state index in [2.05, 4.69) is 10.6 Å². The lowest BCUT2D eigenvalue weighted by atomic mass is 10.2. The summed E-state index contributed by atoms with van der Waals surface area (Å²) in [5, 5.41) is 5.20. The monoisotopic (exact) mass is 456 g/mol. The van der Waals surface area contributed by atoms with E-state index < -0.39 is 22.1 Å². The van der Waals surface area contributed by atoms with Crippen LogP contribution in [0.5, 0.6) is 11.5 Å². The summed E-state index contributed by atoms with van der Waals surface area (Å²) in [5.74, 6) is -0.609. The molecule has 2 amide bonds. The van der Waals surface area contributed by atoms with Gasteiger partial charge in [-0.25, -0.2) is 9.59 Å². The second kappa shape index (κ2) is 9.84. The number of carbonyl (C=O) groups excluding carboxylic acids is 2. The molecule has 3 rings (SSSR count). The molecular weight excluding hydrogens is 436 g/mol. The molecule has 2 N–H and O–H groups in total. The van der Waals surface area contributed by atoms with Crippen LogP contribution in [-0.4, -0.2) is 34.6 Å². The van der Waals surface area contributed by atoms with Crippen molar-refractivity contribution in [3.05, 3.63) is 78.4 Å². The second-order valence-corrected chi connectivity index (χ2v) is 7.91. The zero-order chi connectivity index (χ0) is 23.1. The highest BCUT2D eigenvalue weighted by atomic mass is 32.2. The van der Waals surface area contributed by atoms with Gasteiger partial charge in [0.25, 0.3) is 0 Å². The Balaban J connectivity index is 1.83. The van der Waals surface area contributed by atoms with Gasteiger partial charge in [0.15, 0.2) is 5.75 Å². The summed E-state index contributed by atoms with van der Waals surface area (Å²) in [7, 11) is -1.64. The van der Waals surface area contributed by atoms with Crippen LogP contribution in [-0.2, 0) is 14.9 Å². The summed E-state index contributed by atoms with van der Waals surface area (Å²) in [6.07, 6.45) is 0. The van der Waals surface area contributed by atoms with E-state index in [1.165, 1.54) is 49.6 Å². The Hall–Kier alpha value is -4.05. The number of para-hydroxylation sites is 1. The number of urea groups is 1. The maximum atomic E-state index is 12.6. The van der Waals surface area contributed by atoms with Gasteiger partial charge >= 0.3 is 22.1 Å². The van der Waals surface area contributed by atoms with Gasteiger partial charge in [-0.1, -0.05) is 18.2 Å². The Morgan fingerprint density at radius 1 is 0.812 bits per heavy atom. The normalized spacial score (nSPS) is 10.7. The standard InChI is InChI=1S/C22H20N2O7S/c1-29-17-9-11-18(12-10-17)32(27,28)31-20-13-8-16(14-19(20)21(25)30-2)24-22(26)23-15-6-4-3-5-7-15/h3-14H,1-2H3,(H2,23,24,26). The number of hydrogen-bond donors (Lipinski definition) is 2. The number of rotatable bonds is 7. The molecule has 0 aromatic heterocycles. The fourth-order valence-electron chi connectivity index (χ4n) is 2.67. The van der Waals surface area contributed by atoms with Gasteiger partial charge in [0.2, 0.25) is 0 Å². The molecule has 0 aliphatic heterocycles. The topological polar surface area (TPSA) is 120 Å². The van der Waals surface area contributed by atoms with E-state index in [1.807, 2.05) is 6.07 Å². The number of carbonyl (C=O) groups is 2. The lowest BCUT2D eigenvalue weighted by Crippen LogP contribution is -2.20. The highest BCUT2D eigenvalue weighted by molar-refractivity contribution is 7.87. The summed E-state index contributed by atoms with van der Waals surface area (Å²) in [6.45, 7) is 0. The van der Waals surface area contributed by atoms with Crippen LogP contribution in [0, 0.1) is 0 Å². The molecular formula is C22H20N2O7S. The first kappa shape index (κ1) is 22.6. The van der Waals surface area contributed by atoms with Gasteiger partial charge in [-0.2, -0.15) is 8.42 Å². The smallest absolute Gasteiger partial charge is 0.341 e. The molecule has 0 saturated heterocycles. The van der Waals surface area contributed by atoms with E-state index in [0.29, 0.717) is 11.4 Å². The summed E-state index contributed by atoms with van der Waals surface area (Å²) in [4.78, 5) is 24.3. The molecule has 0 radical (unpaired) electrons. The first-order valence-electron chi connectivity index (χ1n) is 9.26. The molecule has 3 aromatic rings. The Labute approximate surface area is 185 Å². The van der Waals surface area contributed by atoms with Crippen molar-refractivity contribution < 1.29 is 31.7 Å². The van der Waals surface area contributed by atoms with Crippen LogP contribution in [0.2, 0.25) is 0 Å². The van der Waals surface area contributed by atoms with Crippen molar-refractivity contribution in [1.29, 1.82) is 0 Å². The zero-order valence-electron chi connectivity index (χ0n) is 17.2. The van der Waals surface area contributed by atoms with Gasteiger partial charge < -0.3 is 24.3 Å². The van der Waals surface area contributed by atoms with Crippen molar-refractivity contribution in [1.82, 2.24) is 0 Å². The SMILES string of the molecule is COC(=O)c1cc(NC(=O)Nc2ccccc2)ccc1OS(=O)(=O)c1ccc(OC)cc1. The summed E-state index contributed by atoms with van der Waals surface area (Å²) >= 11 is 0. The third kappa shape index (κ3) is 5.55. The van der Waals surface area contributed by atoms with Crippen molar-refractivity contribution in [2.24, 2.45) is 0 Å². The first-order chi connectivity index (χ1) is 15.3. The average molecular weight is 456 g/mol. The molecule has 0 saturated carbocycles.